The standard InChI is InChI=1S/C9H11BrN2O/c1-7-2-3-8(11-6-7)12-9(13)4-5-10/h2-3,6H,4-5H2,1H3,(H,11,12,13). The van der Waals surface area contributed by atoms with Gasteiger partial charge in [0.25, 0.3) is 0 Å². The van der Waals surface area contributed by atoms with E-state index in [0.29, 0.717) is 17.6 Å². The van der Waals surface area contributed by atoms with Crippen LogP contribution in [0.3, 0.4) is 0 Å². The molecular formula is C9H11BrN2O. The highest BCUT2D eigenvalue weighted by Crippen LogP contribution is 2.04. The average molecular weight is 243 g/mol. The Labute approximate surface area is 85.7 Å². The number of amides is 1. The predicted octanol–water partition coefficient (Wildman–Crippen LogP) is 2.11. The second-order valence-corrected chi connectivity index (χ2v) is 3.50. The number of nitrogens with one attached hydrogen (secondary N) is 1. The first kappa shape index (κ1) is 10.2. The summed E-state index contributed by atoms with van der Waals surface area (Å²) in [7, 11) is 0. The van der Waals surface area contributed by atoms with Crippen molar-refractivity contribution in [1.29, 1.82) is 0 Å². The maximum atomic E-state index is 11.1. The van der Waals surface area contributed by atoms with Gasteiger partial charge in [0.15, 0.2) is 0 Å². The highest BCUT2D eigenvalue weighted by Gasteiger charge is 2.00. The van der Waals surface area contributed by atoms with Crippen LogP contribution in [0, 0.1) is 6.92 Å². The monoisotopic (exact) mass is 242 g/mol. The Balaban J connectivity index is 2.54. The molecule has 3 nitrogen and oxygen atoms in total. The van der Waals surface area contributed by atoms with Crippen LogP contribution in [0.15, 0.2) is 18.3 Å². The van der Waals surface area contributed by atoms with Crippen molar-refractivity contribution < 1.29 is 4.79 Å². The molecule has 1 N–H and O–H groups in total. The van der Waals surface area contributed by atoms with Gasteiger partial charge in [-0.25, -0.2) is 4.98 Å². The summed E-state index contributed by atoms with van der Waals surface area (Å²) in [6, 6.07) is 3.71. The number of carbonyl (C=O) groups is 1. The van der Waals surface area contributed by atoms with Crippen molar-refractivity contribution in [3.05, 3.63) is 23.9 Å². The number of aryl methyl sites for hydroxylation is 1. The van der Waals surface area contributed by atoms with Crippen molar-refractivity contribution in [2.45, 2.75) is 13.3 Å². The van der Waals surface area contributed by atoms with Crippen LogP contribution < -0.4 is 5.32 Å². The largest absolute Gasteiger partial charge is 0.311 e. The van der Waals surface area contributed by atoms with Crippen molar-refractivity contribution in [3.8, 4) is 0 Å². The van der Waals surface area contributed by atoms with Crippen LogP contribution in [0.2, 0.25) is 0 Å². The van der Waals surface area contributed by atoms with Gasteiger partial charge in [-0.15, -0.1) is 0 Å². The number of rotatable bonds is 3. The molecule has 0 spiro atoms. The molecule has 1 heterocycles. The minimum atomic E-state index is -0.0202. The van der Waals surface area contributed by atoms with Gasteiger partial charge in [0.05, 0.1) is 0 Å². The lowest BCUT2D eigenvalue weighted by atomic mass is 10.3. The minimum Gasteiger partial charge on any atom is -0.311 e. The molecule has 0 aliphatic carbocycles. The van der Waals surface area contributed by atoms with Crippen LogP contribution in [0.25, 0.3) is 0 Å². The van der Waals surface area contributed by atoms with E-state index in [4.69, 9.17) is 0 Å². The summed E-state index contributed by atoms with van der Waals surface area (Å²) in [5.74, 6) is 0.588. The lowest BCUT2D eigenvalue weighted by molar-refractivity contribution is -0.115. The number of aromatic nitrogens is 1. The molecule has 0 saturated heterocycles. The zero-order valence-electron chi connectivity index (χ0n) is 7.38. The van der Waals surface area contributed by atoms with E-state index in [1.54, 1.807) is 12.3 Å². The third-order valence-corrected chi connectivity index (χ3v) is 1.90. The molecule has 1 rings (SSSR count). The van der Waals surface area contributed by atoms with Gasteiger partial charge in [0.2, 0.25) is 5.91 Å². The molecule has 0 aliphatic heterocycles. The second-order valence-electron chi connectivity index (χ2n) is 2.71. The predicted molar refractivity (Wildman–Crippen MR) is 56.0 cm³/mol. The maximum absolute atomic E-state index is 11.1. The van der Waals surface area contributed by atoms with Gasteiger partial charge >= 0.3 is 0 Å². The Kier molecular flexibility index (Phi) is 3.89. The van der Waals surface area contributed by atoms with Gasteiger partial charge in [-0.05, 0) is 18.6 Å². The summed E-state index contributed by atoms with van der Waals surface area (Å²) in [5, 5.41) is 3.36. The van der Waals surface area contributed by atoms with Gasteiger partial charge in [-0.3, -0.25) is 4.79 Å². The molecule has 0 fully saturated rings. The van der Waals surface area contributed by atoms with Crippen LogP contribution in [0.4, 0.5) is 5.82 Å². The van der Waals surface area contributed by atoms with E-state index in [9.17, 15) is 4.79 Å². The second kappa shape index (κ2) is 4.97. The first-order valence-electron chi connectivity index (χ1n) is 4.01. The SMILES string of the molecule is Cc1ccc(NC(=O)CCBr)nc1. The fraction of sp³-hybridized carbons (Fsp3) is 0.333. The summed E-state index contributed by atoms with van der Waals surface area (Å²) in [6.07, 6.45) is 2.19. The van der Waals surface area contributed by atoms with Gasteiger partial charge in [0, 0.05) is 17.9 Å². The Morgan fingerprint density at radius 1 is 1.62 bits per heavy atom. The highest BCUT2D eigenvalue weighted by atomic mass is 79.9. The summed E-state index contributed by atoms with van der Waals surface area (Å²) in [4.78, 5) is 15.2. The Morgan fingerprint density at radius 2 is 2.38 bits per heavy atom. The zero-order valence-corrected chi connectivity index (χ0v) is 8.97. The quantitative estimate of drug-likeness (QED) is 0.826. The van der Waals surface area contributed by atoms with E-state index < -0.39 is 0 Å². The van der Waals surface area contributed by atoms with Crippen molar-refractivity contribution in [2.24, 2.45) is 0 Å². The first-order chi connectivity index (χ1) is 6.22. The molecule has 1 aromatic heterocycles. The lowest BCUT2D eigenvalue weighted by Gasteiger charge is -2.02. The molecule has 0 saturated carbocycles. The number of anilines is 1. The Morgan fingerprint density at radius 3 is 2.92 bits per heavy atom. The van der Waals surface area contributed by atoms with Crippen LogP contribution >= 0.6 is 15.9 Å². The zero-order chi connectivity index (χ0) is 9.68. The highest BCUT2D eigenvalue weighted by molar-refractivity contribution is 9.09. The Hall–Kier alpha value is -0.900. The lowest BCUT2D eigenvalue weighted by Crippen LogP contribution is -2.12. The van der Waals surface area contributed by atoms with Crippen molar-refractivity contribution >= 4 is 27.7 Å². The van der Waals surface area contributed by atoms with Gasteiger partial charge in [0.1, 0.15) is 5.82 Å². The number of alkyl halides is 1. The number of pyridine rings is 1. The molecule has 1 aromatic rings. The molecule has 0 aromatic carbocycles. The van der Waals surface area contributed by atoms with Gasteiger partial charge in [-0.1, -0.05) is 22.0 Å². The van der Waals surface area contributed by atoms with Crippen molar-refractivity contribution in [1.82, 2.24) is 4.98 Å². The molecule has 0 bridgehead atoms. The molecule has 0 unspecified atom stereocenters. The van der Waals surface area contributed by atoms with Crippen molar-refractivity contribution in [3.63, 3.8) is 0 Å². The third kappa shape index (κ3) is 3.55. The van der Waals surface area contributed by atoms with E-state index in [2.05, 4.69) is 26.2 Å². The number of carbonyl (C=O) groups excluding carboxylic acids is 1. The fourth-order valence-electron chi connectivity index (χ4n) is 0.833. The molecule has 13 heavy (non-hydrogen) atoms. The van der Waals surface area contributed by atoms with E-state index in [1.807, 2.05) is 13.0 Å². The summed E-state index contributed by atoms with van der Waals surface area (Å²) < 4.78 is 0. The number of hydrogen-bond donors (Lipinski definition) is 1. The third-order valence-electron chi connectivity index (χ3n) is 1.50. The fourth-order valence-corrected chi connectivity index (χ4v) is 1.19. The van der Waals surface area contributed by atoms with E-state index in [0.717, 1.165) is 5.56 Å². The molecule has 0 aliphatic rings. The van der Waals surface area contributed by atoms with Gasteiger partial charge < -0.3 is 5.32 Å². The van der Waals surface area contributed by atoms with Crippen molar-refractivity contribution in [2.75, 3.05) is 10.6 Å². The molecule has 1 amide bonds. The minimum absolute atomic E-state index is 0.0202. The van der Waals surface area contributed by atoms with Crippen LogP contribution in [0.5, 0.6) is 0 Å². The Bertz CT molecular complexity index is 284. The van der Waals surface area contributed by atoms with Crippen LogP contribution in [0.1, 0.15) is 12.0 Å². The maximum Gasteiger partial charge on any atom is 0.226 e. The van der Waals surface area contributed by atoms with Gasteiger partial charge in [-0.2, -0.15) is 0 Å². The van der Waals surface area contributed by atoms with E-state index in [1.165, 1.54) is 0 Å². The van der Waals surface area contributed by atoms with Crippen LogP contribution in [-0.2, 0) is 4.79 Å². The smallest absolute Gasteiger partial charge is 0.226 e. The molecule has 4 heteroatoms. The summed E-state index contributed by atoms with van der Waals surface area (Å²) >= 11 is 3.19. The van der Waals surface area contributed by atoms with E-state index in [-0.39, 0.29) is 5.91 Å². The summed E-state index contributed by atoms with van der Waals surface area (Å²) in [5.41, 5.74) is 1.08. The molecule has 0 atom stereocenters. The average Bonchev–Trinajstić information content (AvgIpc) is 2.09. The summed E-state index contributed by atoms with van der Waals surface area (Å²) in [6.45, 7) is 1.96. The number of halogens is 1. The molecule has 0 radical (unpaired) electrons. The number of hydrogen-bond acceptors (Lipinski definition) is 2. The van der Waals surface area contributed by atoms with E-state index >= 15 is 0 Å². The topological polar surface area (TPSA) is 42.0 Å². The normalized spacial score (nSPS) is 9.69. The molecule has 70 valence electrons. The molecular weight excluding hydrogens is 232 g/mol. The van der Waals surface area contributed by atoms with Crippen LogP contribution in [-0.4, -0.2) is 16.2 Å². The first-order valence-corrected chi connectivity index (χ1v) is 5.13. The number of nitrogens with zero attached hydrogens (tertiary/aromatic N) is 1.